The average molecular weight is 246 g/mol. The van der Waals surface area contributed by atoms with Gasteiger partial charge in [0.1, 0.15) is 0 Å². The Labute approximate surface area is 98.4 Å². The maximum absolute atomic E-state index is 13.5. The standard InChI is InChI=1S/C10H13ClFN3O/c1-6-8(3-4-16-6)15(2)9-7(12)5-13-10(11)14-9/h5-6,8H,3-4H2,1-2H3. The highest BCUT2D eigenvalue weighted by Crippen LogP contribution is 2.25. The quantitative estimate of drug-likeness (QED) is 0.746. The fourth-order valence-corrected chi connectivity index (χ4v) is 2.10. The molecule has 2 heterocycles. The zero-order chi connectivity index (χ0) is 11.7. The molecular weight excluding hydrogens is 233 g/mol. The van der Waals surface area contributed by atoms with Crippen LogP contribution in [0.4, 0.5) is 10.2 Å². The van der Waals surface area contributed by atoms with Gasteiger partial charge in [0.15, 0.2) is 11.6 Å². The van der Waals surface area contributed by atoms with Crippen LogP contribution >= 0.6 is 11.6 Å². The number of rotatable bonds is 2. The largest absolute Gasteiger partial charge is 0.376 e. The van der Waals surface area contributed by atoms with Crippen LogP contribution in [0, 0.1) is 5.82 Å². The van der Waals surface area contributed by atoms with Crippen molar-refractivity contribution >= 4 is 17.4 Å². The third-order valence-corrected chi connectivity index (χ3v) is 3.05. The van der Waals surface area contributed by atoms with E-state index >= 15 is 0 Å². The van der Waals surface area contributed by atoms with Crippen molar-refractivity contribution in [3.05, 3.63) is 17.3 Å². The summed E-state index contributed by atoms with van der Waals surface area (Å²) >= 11 is 5.66. The molecule has 0 aliphatic carbocycles. The molecule has 2 unspecified atom stereocenters. The summed E-state index contributed by atoms with van der Waals surface area (Å²) in [5.41, 5.74) is 0. The van der Waals surface area contributed by atoms with Gasteiger partial charge >= 0.3 is 0 Å². The second-order valence-corrected chi connectivity index (χ2v) is 4.19. The lowest BCUT2D eigenvalue weighted by Gasteiger charge is -2.27. The smallest absolute Gasteiger partial charge is 0.224 e. The molecule has 1 aromatic rings. The van der Waals surface area contributed by atoms with Crippen molar-refractivity contribution in [3.8, 4) is 0 Å². The highest BCUT2D eigenvalue weighted by molar-refractivity contribution is 6.28. The molecule has 1 saturated heterocycles. The zero-order valence-electron chi connectivity index (χ0n) is 9.15. The Balaban J connectivity index is 2.25. The minimum absolute atomic E-state index is 0.0508. The van der Waals surface area contributed by atoms with Crippen LogP contribution < -0.4 is 4.90 Å². The van der Waals surface area contributed by atoms with Crippen LogP contribution in [0.15, 0.2) is 6.20 Å². The van der Waals surface area contributed by atoms with E-state index in [0.29, 0.717) is 6.61 Å². The van der Waals surface area contributed by atoms with Gasteiger partial charge in [0.25, 0.3) is 0 Å². The minimum atomic E-state index is -0.467. The summed E-state index contributed by atoms with van der Waals surface area (Å²) in [6.07, 6.45) is 2.01. The van der Waals surface area contributed by atoms with E-state index in [-0.39, 0.29) is 23.2 Å². The molecule has 0 amide bonds. The molecule has 0 radical (unpaired) electrons. The van der Waals surface area contributed by atoms with Crippen molar-refractivity contribution in [2.75, 3.05) is 18.6 Å². The molecule has 1 aliphatic rings. The third kappa shape index (κ3) is 2.10. The van der Waals surface area contributed by atoms with E-state index < -0.39 is 5.82 Å². The highest BCUT2D eigenvalue weighted by Gasteiger charge is 2.30. The van der Waals surface area contributed by atoms with Gasteiger partial charge in [-0.05, 0) is 24.9 Å². The number of ether oxygens (including phenoxy) is 1. The Morgan fingerprint density at radius 2 is 2.38 bits per heavy atom. The highest BCUT2D eigenvalue weighted by atomic mass is 35.5. The van der Waals surface area contributed by atoms with E-state index in [1.54, 1.807) is 11.9 Å². The number of anilines is 1. The predicted molar refractivity (Wildman–Crippen MR) is 59.2 cm³/mol. The SMILES string of the molecule is CC1OCCC1N(C)c1nc(Cl)ncc1F. The monoisotopic (exact) mass is 245 g/mol. The summed E-state index contributed by atoms with van der Waals surface area (Å²) in [5, 5.41) is 0.0508. The summed E-state index contributed by atoms with van der Waals surface area (Å²) in [7, 11) is 1.79. The first-order chi connectivity index (χ1) is 7.59. The lowest BCUT2D eigenvalue weighted by atomic mass is 10.1. The van der Waals surface area contributed by atoms with Crippen molar-refractivity contribution < 1.29 is 9.13 Å². The molecule has 0 saturated carbocycles. The van der Waals surface area contributed by atoms with Crippen molar-refractivity contribution in [1.29, 1.82) is 0 Å². The van der Waals surface area contributed by atoms with Gasteiger partial charge in [-0.2, -0.15) is 4.98 Å². The predicted octanol–water partition coefficient (Wildman–Crippen LogP) is 1.88. The third-order valence-electron chi connectivity index (χ3n) is 2.86. The van der Waals surface area contributed by atoms with Crippen LogP contribution in [-0.2, 0) is 4.74 Å². The van der Waals surface area contributed by atoms with Gasteiger partial charge in [0, 0.05) is 13.7 Å². The van der Waals surface area contributed by atoms with Gasteiger partial charge in [-0.3, -0.25) is 0 Å². The van der Waals surface area contributed by atoms with E-state index in [4.69, 9.17) is 16.3 Å². The summed E-state index contributed by atoms with van der Waals surface area (Å²) in [4.78, 5) is 9.25. The van der Waals surface area contributed by atoms with E-state index in [1.165, 1.54) is 0 Å². The van der Waals surface area contributed by atoms with Crippen LogP contribution in [0.1, 0.15) is 13.3 Å². The number of hydrogen-bond donors (Lipinski definition) is 0. The summed E-state index contributed by atoms with van der Waals surface area (Å²) in [6, 6.07) is 0.125. The van der Waals surface area contributed by atoms with Gasteiger partial charge in [0.05, 0.1) is 18.3 Å². The molecular formula is C10H13ClFN3O. The molecule has 4 nitrogen and oxygen atoms in total. The normalized spacial score (nSPS) is 24.8. The fourth-order valence-electron chi connectivity index (χ4n) is 1.97. The fraction of sp³-hybridized carbons (Fsp3) is 0.600. The van der Waals surface area contributed by atoms with E-state index in [2.05, 4.69) is 9.97 Å². The molecule has 1 aliphatic heterocycles. The first-order valence-corrected chi connectivity index (χ1v) is 5.50. The van der Waals surface area contributed by atoms with Crippen molar-refractivity contribution in [3.63, 3.8) is 0 Å². The number of hydrogen-bond acceptors (Lipinski definition) is 4. The van der Waals surface area contributed by atoms with Crippen molar-refractivity contribution in [1.82, 2.24) is 9.97 Å². The second kappa shape index (κ2) is 4.51. The Morgan fingerprint density at radius 1 is 1.62 bits per heavy atom. The van der Waals surface area contributed by atoms with Gasteiger partial charge in [-0.15, -0.1) is 0 Å². The maximum Gasteiger partial charge on any atom is 0.224 e. The van der Waals surface area contributed by atoms with Crippen LogP contribution in [0.25, 0.3) is 0 Å². The van der Waals surface area contributed by atoms with Crippen molar-refractivity contribution in [2.24, 2.45) is 0 Å². The molecule has 1 fully saturated rings. The molecule has 2 rings (SSSR count). The van der Waals surface area contributed by atoms with Crippen molar-refractivity contribution in [2.45, 2.75) is 25.5 Å². The molecule has 1 aromatic heterocycles. The van der Waals surface area contributed by atoms with Gasteiger partial charge in [-0.1, -0.05) is 0 Å². The van der Waals surface area contributed by atoms with Crippen LogP contribution in [0.5, 0.6) is 0 Å². The molecule has 0 N–H and O–H groups in total. The zero-order valence-corrected chi connectivity index (χ0v) is 9.91. The molecule has 16 heavy (non-hydrogen) atoms. The first-order valence-electron chi connectivity index (χ1n) is 5.12. The Bertz CT molecular complexity index is 390. The lowest BCUT2D eigenvalue weighted by Crippen LogP contribution is -2.37. The molecule has 0 aromatic carbocycles. The minimum Gasteiger partial charge on any atom is -0.376 e. The first kappa shape index (κ1) is 11.5. The number of aromatic nitrogens is 2. The number of halogens is 2. The Morgan fingerprint density at radius 3 is 3.00 bits per heavy atom. The van der Waals surface area contributed by atoms with Crippen LogP contribution in [-0.4, -0.2) is 35.8 Å². The van der Waals surface area contributed by atoms with Gasteiger partial charge < -0.3 is 9.64 Å². The topological polar surface area (TPSA) is 38.2 Å². The van der Waals surface area contributed by atoms with Gasteiger partial charge in [0.2, 0.25) is 5.28 Å². The summed E-state index contributed by atoms with van der Waals surface area (Å²) in [6.45, 7) is 2.66. The van der Waals surface area contributed by atoms with Crippen LogP contribution in [0.2, 0.25) is 5.28 Å². The molecule has 2 atom stereocenters. The maximum atomic E-state index is 13.5. The second-order valence-electron chi connectivity index (χ2n) is 3.85. The molecule has 6 heteroatoms. The summed E-state index contributed by atoms with van der Waals surface area (Å²) in [5.74, 6) is -0.242. The van der Waals surface area contributed by atoms with Crippen LogP contribution in [0.3, 0.4) is 0 Å². The van der Waals surface area contributed by atoms with E-state index in [0.717, 1.165) is 12.6 Å². The Kier molecular flexibility index (Phi) is 3.25. The average Bonchev–Trinajstić information content (AvgIpc) is 2.67. The molecule has 0 spiro atoms. The Hall–Kier alpha value is -0.940. The lowest BCUT2D eigenvalue weighted by molar-refractivity contribution is 0.118. The molecule has 88 valence electrons. The van der Waals surface area contributed by atoms with E-state index in [1.807, 2.05) is 6.92 Å². The summed E-state index contributed by atoms with van der Waals surface area (Å²) < 4.78 is 19.0. The van der Waals surface area contributed by atoms with Gasteiger partial charge in [-0.25, -0.2) is 9.37 Å². The number of likely N-dealkylation sites (N-methyl/N-ethyl adjacent to an activating group) is 1. The van der Waals surface area contributed by atoms with E-state index in [9.17, 15) is 4.39 Å². The number of nitrogens with zero attached hydrogens (tertiary/aromatic N) is 3. The molecule has 0 bridgehead atoms.